The fourth-order valence-corrected chi connectivity index (χ4v) is 3.09. The Balaban J connectivity index is 2.52. The molecule has 2 radical (unpaired) electrons. The molecule has 17 heavy (non-hydrogen) atoms. The molecule has 3 nitrogen and oxygen atoms in total. The lowest BCUT2D eigenvalue weighted by molar-refractivity contribution is -0.00190. The molecule has 1 rings (SSSR count). The van der Waals surface area contributed by atoms with Crippen LogP contribution in [0.2, 0.25) is 0 Å². The van der Waals surface area contributed by atoms with Crippen molar-refractivity contribution in [3.05, 3.63) is 0 Å². The Hall–Kier alpha value is 0.00987. The van der Waals surface area contributed by atoms with Crippen molar-refractivity contribution < 1.29 is 14.8 Å². The van der Waals surface area contributed by atoms with E-state index in [1.807, 2.05) is 13.8 Å². The van der Waals surface area contributed by atoms with Crippen molar-refractivity contribution in [3.63, 3.8) is 0 Å². The van der Waals surface area contributed by atoms with Gasteiger partial charge in [-0.25, -0.2) is 0 Å². The van der Waals surface area contributed by atoms with Crippen molar-refractivity contribution >= 4 is 14.7 Å². The van der Waals surface area contributed by atoms with E-state index in [1.165, 1.54) is 33.1 Å². The maximum Gasteiger partial charge on any atom is 0.282 e. The summed E-state index contributed by atoms with van der Waals surface area (Å²) in [5.41, 5.74) is 0. The SMILES string of the molecule is CC1CCC(C([C@H](C)O[B][B]O)[C@@H](C)O)CC1. The highest BCUT2D eigenvalue weighted by molar-refractivity contribution is 6.93. The Bertz CT molecular complexity index is 206. The van der Waals surface area contributed by atoms with Gasteiger partial charge >= 0.3 is 0 Å². The van der Waals surface area contributed by atoms with Gasteiger partial charge in [0.25, 0.3) is 14.7 Å². The lowest BCUT2D eigenvalue weighted by Gasteiger charge is -2.37. The van der Waals surface area contributed by atoms with Crippen LogP contribution in [0.5, 0.6) is 0 Å². The number of aliphatic hydroxyl groups is 1. The molecular weight excluding hydrogens is 214 g/mol. The molecule has 0 saturated heterocycles. The van der Waals surface area contributed by atoms with Gasteiger partial charge in [-0.05, 0) is 38.5 Å². The van der Waals surface area contributed by atoms with Gasteiger partial charge in [-0.3, -0.25) is 0 Å². The summed E-state index contributed by atoms with van der Waals surface area (Å²) >= 11 is 0. The number of hydrogen-bond acceptors (Lipinski definition) is 3. The highest BCUT2D eigenvalue weighted by Crippen LogP contribution is 2.36. The van der Waals surface area contributed by atoms with Crippen LogP contribution in [0.15, 0.2) is 0 Å². The molecule has 1 saturated carbocycles. The molecule has 1 aliphatic carbocycles. The predicted octanol–water partition coefficient (Wildman–Crippen LogP) is 1.36. The van der Waals surface area contributed by atoms with Gasteiger partial charge in [0.1, 0.15) is 0 Å². The smallest absolute Gasteiger partial charge is 0.282 e. The topological polar surface area (TPSA) is 49.7 Å². The van der Waals surface area contributed by atoms with E-state index in [2.05, 4.69) is 6.92 Å². The van der Waals surface area contributed by atoms with Crippen LogP contribution in [0, 0.1) is 17.8 Å². The second-order valence-electron chi connectivity index (χ2n) is 5.46. The zero-order valence-corrected chi connectivity index (χ0v) is 11.2. The molecule has 0 spiro atoms. The minimum Gasteiger partial charge on any atom is -0.461 e. The van der Waals surface area contributed by atoms with E-state index in [-0.39, 0.29) is 18.1 Å². The van der Waals surface area contributed by atoms with Gasteiger partial charge in [0, 0.05) is 12.0 Å². The summed E-state index contributed by atoms with van der Waals surface area (Å²) in [6.45, 7) is 6.10. The number of hydrogen-bond donors (Lipinski definition) is 2. The van der Waals surface area contributed by atoms with Crippen molar-refractivity contribution in [3.8, 4) is 0 Å². The quantitative estimate of drug-likeness (QED) is 0.687. The maximum atomic E-state index is 9.93. The zero-order chi connectivity index (χ0) is 12.8. The molecule has 5 heteroatoms. The van der Waals surface area contributed by atoms with Crippen LogP contribution in [-0.2, 0) is 4.65 Å². The van der Waals surface area contributed by atoms with Crippen molar-refractivity contribution in [2.75, 3.05) is 0 Å². The maximum absolute atomic E-state index is 9.93. The predicted molar refractivity (Wildman–Crippen MR) is 70.6 cm³/mol. The molecule has 0 aromatic carbocycles. The first kappa shape index (κ1) is 15.1. The fraction of sp³-hybridized carbons (Fsp3) is 1.00. The Morgan fingerprint density at radius 3 is 2.24 bits per heavy atom. The summed E-state index contributed by atoms with van der Waals surface area (Å²) < 4.78 is 5.40. The van der Waals surface area contributed by atoms with Gasteiger partial charge in [0.05, 0.1) is 6.10 Å². The third-order valence-electron chi connectivity index (χ3n) is 4.06. The summed E-state index contributed by atoms with van der Waals surface area (Å²) in [6, 6.07) is 0. The second-order valence-corrected chi connectivity index (χ2v) is 5.46. The molecule has 1 fully saturated rings. The number of aliphatic hydroxyl groups excluding tert-OH is 1. The van der Waals surface area contributed by atoms with Gasteiger partial charge in [0.15, 0.2) is 0 Å². The largest absolute Gasteiger partial charge is 0.461 e. The van der Waals surface area contributed by atoms with E-state index in [0.717, 1.165) is 13.3 Å². The molecule has 0 aliphatic heterocycles. The van der Waals surface area contributed by atoms with Crippen LogP contribution in [0.25, 0.3) is 0 Å². The van der Waals surface area contributed by atoms with E-state index in [4.69, 9.17) is 9.68 Å². The number of rotatable bonds is 6. The van der Waals surface area contributed by atoms with Crippen LogP contribution in [0.4, 0.5) is 0 Å². The first-order valence-corrected chi connectivity index (χ1v) is 6.69. The lowest BCUT2D eigenvalue weighted by atomic mass is 9.64. The third-order valence-corrected chi connectivity index (χ3v) is 4.06. The highest BCUT2D eigenvalue weighted by Gasteiger charge is 2.33. The molecule has 1 unspecified atom stereocenters. The third kappa shape index (κ3) is 4.64. The van der Waals surface area contributed by atoms with Crippen LogP contribution in [0.3, 0.4) is 0 Å². The summed E-state index contributed by atoms with van der Waals surface area (Å²) in [5, 5.41) is 18.5. The average Bonchev–Trinajstić information content (AvgIpc) is 2.29. The van der Waals surface area contributed by atoms with E-state index < -0.39 is 0 Å². The molecule has 0 aromatic heterocycles. The molecule has 3 atom stereocenters. The summed E-state index contributed by atoms with van der Waals surface area (Å²) in [7, 11) is 2.20. The molecule has 0 heterocycles. The normalized spacial score (nSPS) is 30.4. The van der Waals surface area contributed by atoms with Crippen molar-refractivity contribution in [2.24, 2.45) is 17.8 Å². The molecule has 96 valence electrons. The van der Waals surface area contributed by atoms with E-state index in [9.17, 15) is 5.11 Å². The first-order valence-electron chi connectivity index (χ1n) is 6.69. The zero-order valence-electron chi connectivity index (χ0n) is 11.2. The van der Waals surface area contributed by atoms with E-state index >= 15 is 0 Å². The van der Waals surface area contributed by atoms with Gasteiger partial charge in [-0.2, -0.15) is 0 Å². The average molecular weight is 238 g/mol. The van der Waals surface area contributed by atoms with Crippen LogP contribution in [0.1, 0.15) is 46.5 Å². The Morgan fingerprint density at radius 2 is 1.76 bits per heavy atom. The molecule has 2 N–H and O–H groups in total. The Labute approximate surface area is 106 Å². The minimum atomic E-state index is -0.365. The van der Waals surface area contributed by atoms with Crippen molar-refractivity contribution in [1.29, 1.82) is 0 Å². The van der Waals surface area contributed by atoms with E-state index in [1.54, 1.807) is 0 Å². The second kappa shape index (κ2) is 7.45. The van der Waals surface area contributed by atoms with Gasteiger partial charge in [-0.1, -0.05) is 19.8 Å². The molecular formula is C12H24B2O3. The Kier molecular flexibility index (Phi) is 6.60. The summed E-state index contributed by atoms with van der Waals surface area (Å²) in [6.07, 6.45) is 4.42. The highest BCUT2D eigenvalue weighted by atomic mass is 16.4. The molecule has 0 amide bonds. The minimum absolute atomic E-state index is 0.0585. The van der Waals surface area contributed by atoms with Gasteiger partial charge < -0.3 is 14.8 Å². The van der Waals surface area contributed by atoms with Crippen molar-refractivity contribution in [2.45, 2.75) is 58.7 Å². The molecule has 0 bridgehead atoms. The van der Waals surface area contributed by atoms with Gasteiger partial charge in [-0.15, -0.1) is 0 Å². The van der Waals surface area contributed by atoms with Crippen LogP contribution >= 0.6 is 0 Å². The summed E-state index contributed by atoms with van der Waals surface area (Å²) in [5.74, 6) is 1.50. The monoisotopic (exact) mass is 238 g/mol. The first-order chi connectivity index (χ1) is 8.06. The summed E-state index contributed by atoms with van der Waals surface area (Å²) in [4.78, 5) is 0. The van der Waals surface area contributed by atoms with E-state index in [0.29, 0.717) is 5.92 Å². The standard InChI is InChI=1S/C12H24B2O3/c1-8-4-6-11(7-5-8)12(9(2)15)10(3)17-14-13-16/h8-12,15-16H,4-7H2,1-3H3/t8?,9-,10+,11?,12?/m1/s1. The molecule has 1 aliphatic rings. The fourth-order valence-electron chi connectivity index (χ4n) is 3.09. The van der Waals surface area contributed by atoms with Crippen LogP contribution in [-0.4, -0.2) is 37.1 Å². The van der Waals surface area contributed by atoms with Crippen LogP contribution < -0.4 is 0 Å². The van der Waals surface area contributed by atoms with Gasteiger partial charge in [0.2, 0.25) is 0 Å². The lowest BCUT2D eigenvalue weighted by Crippen LogP contribution is -2.39. The van der Waals surface area contributed by atoms with Crippen molar-refractivity contribution in [1.82, 2.24) is 0 Å². The Morgan fingerprint density at radius 1 is 1.18 bits per heavy atom. The molecule has 0 aromatic rings.